The lowest BCUT2D eigenvalue weighted by Crippen LogP contribution is -2.51. The van der Waals surface area contributed by atoms with Gasteiger partial charge in [-0.3, -0.25) is 0 Å². The van der Waals surface area contributed by atoms with Crippen LogP contribution in [-0.2, 0) is 6.54 Å². The number of aliphatic hydroxyl groups excluding tert-OH is 1. The van der Waals surface area contributed by atoms with Crippen molar-refractivity contribution in [1.29, 1.82) is 0 Å². The quantitative estimate of drug-likeness (QED) is 0.722. The number of hydrogen-bond acceptors (Lipinski definition) is 3. The summed E-state index contributed by atoms with van der Waals surface area (Å²) < 4.78 is 0. The van der Waals surface area contributed by atoms with Gasteiger partial charge in [-0.15, -0.1) is 0 Å². The third-order valence-electron chi connectivity index (χ3n) is 2.70. The standard InChI is InChI=1S/C11H16N2O/c1-8-4-9(5-12)2-3-11(8)13-6-10(14)7-13/h2-4,10,14H,5-7,12H2,1H3. The van der Waals surface area contributed by atoms with E-state index in [0.29, 0.717) is 6.54 Å². The van der Waals surface area contributed by atoms with Crippen LogP contribution in [0.4, 0.5) is 5.69 Å². The summed E-state index contributed by atoms with van der Waals surface area (Å²) in [7, 11) is 0. The van der Waals surface area contributed by atoms with Gasteiger partial charge in [-0.05, 0) is 24.1 Å². The van der Waals surface area contributed by atoms with Crippen LogP contribution in [0.25, 0.3) is 0 Å². The largest absolute Gasteiger partial charge is 0.389 e. The Morgan fingerprint density at radius 2 is 2.21 bits per heavy atom. The highest BCUT2D eigenvalue weighted by molar-refractivity contribution is 5.56. The molecule has 1 aromatic carbocycles. The lowest BCUT2D eigenvalue weighted by Gasteiger charge is -2.38. The van der Waals surface area contributed by atoms with Gasteiger partial charge in [0, 0.05) is 25.3 Å². The van der Waals surface area contributed by atoms with Gasteiger partial charge in [0.1, 0.15) is 0 Å². The van der Waals surface area contributed by atoms with Gasteiger partial charge in [0.15, 0.2) is 0 Å². The van der Waals surface area contributed by atoms with Crippen molar-refractivity contribution in [2.24, 2.45) is 5.73 Å². The van der Waals surface area contributed by atoms with E-state index in [9.17, 15) is 5.11 Å². The van der Waals surface area contributed by atoms with Crippen molar-refractivity contribution in [3.63, 3.8) is 0 Å². The summed E-state index contributed by atoms with van der Waals surface area (Å²) in [6.45, 7) is 4.18. The Morgan fingerprint density at radius 1 is 1.50 bits per heavy atom. The van der Waals surface area contributed by atoms with Crippen LogP contribution < -0.4 is 10.6 Å². The molecule has 76 valence electrons. The molecule has 1 aromatic rings. The van der Waals surface area contributed by atoms with E-state index in [0.717, 1.165) is 18.7 Å². The summed E-state index contributed by atoms with van der Waals surface area (Å²) >= 11 is 0. The maximum Gasteiger partial charge on any atom is 0.0889 e. The van der Waals surface area contributed by atoms with Gasteiger partial charge in [-0.1, -0.05) is 12.1 Å². The molecule has 0 amide bonds. The average Bonchev–Trinajstić information content (AvgIpc) is 2.13. The number of nitrogens with zero attached hydrogens (tertiary/aromatic N) is 1. The second kappa shape index (κ2) is 3.59. The van der Waals surface area contributed by atoms with Crippen LogP contribution >= 0.6 is 0 Å². The maximum atomic E-state index is 9.21. The Labute approximate surface area is 84.1 Å². The Balaban J connectivity index is 2.18. The van der Waals surface area contributed by atoms with Crippen LogP contribution in [-0.4, -0.2) is 24.3 Å². The topological polar surface area (TPSA) is 49.5 Å². The van der Waals surface area contributed by atoms with Gasteiger partial charge in [-0.2, -0.15) is 0 Å². The highest BCUT2D eigenvalue weighted by Crippen LogP contribution is 2.25. The molecule has 1 aliphatic heterocycles. The average molecular weight is 192 g/mol. The maximum absolute atomic E-state index is 9.21. The Hall–Kier alpha value is -1.06. The van der Waals surface area contributed by atoms with Gasteiger partial charge in [0.25, 0.3) is 0 Å². The molecule has 1 saturated heterocycles. The van der Waals surface area contributed by atoms with E-state index in [1.54, 1.807) is 0 Å². The van der Waals surface area contributed by atoms with Crippen LogP contribution in [0, 0.1) is 6.92 Å². The zero-order chi connectivity index (χ0) is 10.1. The molecule has 3 heteroatoms. The fourth-order valence-electron chi connectivity index (χ4n) is 1.85. The minimum atomic E-state index is -0.149. The number of aryl methyl sites for hydroxylation is 1. The van der Waals surface area contributed by atoms with Crippen LogP contribution in [0.5, 0.6) is 0 Å². The number of benzene rings is 1. The van der Waals surface area contributed by atoms with Crippen molar-refractivity contribution in [3.05, 3.63) is 29.3 Å². The van der Waals surface area contributed by atoms with E-state index in [1.165, 1.54) is 11.3 Å². The Kier molecular flexibility index (Phi) is 2.44. The van der Waals surface area contributed by atoms with Crippen LogP contribution in [0.3, 0.4) is 0 Å². The number of nitrogens with two attached hydrogens (primary N) is 1. The molecule has 1 aliphatic rings. The minimum Gasteiger partial charge on any atom is -0.389 e. The van der Waals surface area contributed by atoms with Gasteiger partial charge < -0.3 is 15.7 Å². The molecule has 0 unspecified atom stereocenters. The number of aliphatic hydroxyl groups is 1. The van der Waals surface area contributed by atoms with Gasteiger partial charge in [0.2, 0.25) is 0 Å². The van der Waals surface area contributed by atoms with E-state index < -0.39 is 0 Å². The summed E-state index contributed by atoms with van der Waals surface area (Å²) in [5, 5.41) is 9.21. The van der Waals surface area contributed by atoms with Gasteiger partial charge >= 0.3 is 0 Å². The number of rotatable bonds is 2. The van der Waals surface area contributed by atoms with Crippen molar-refractivity contribution in [3.8, 4) is 0 Å². The first-order valence-corrected chi connectivity index (χ1v) is 4.93. The van der Waals surface area contributed by atoms with E-state index in [4.69, 9.17) is 5.73 Å². The lowest BCUT2D eigenvalue weighted by atomic mass is 10.0. The molecule has 0 saturated carbocycles. The molecule has 14 heavy (non-hydrogen) atoms. The van der Waals surface area contributed by atoms with Crippen molar-refractivity contribution < 1.29 is 5.11 Å². The van der Waals surface area contributed by atoms with Gasteiger partial charge in [-0.25, -0.2) is 0 Å². The van der Waals surface area contributed by atoms with Crippen LogP contribution in [0.15, 0.2) is 18.2 Å². The molecule has 0 radical (unpaired) electrons. The molecule has 0 atom stereocenters. The third-order valence-corrected chi connectivity index (χ3v) is 2.70. The first-order valence-electron chi connectivity index (χ1n) is 4.93. The molecular weight excluding hydrogens is 176 g/mol. The van der Waals surface area contributed by atoms with Crippen molar-refractivity contribution in [1.82, 2.24) is 0 Å². The fraction of sp³-hybridized carbons (Fsp3) is 0.455. The highest BCUT2D eigenvalue weighted by Gasteiger charge is 2.25. The molecule has 0 aliphatic carbocycles. The first-order chi connectivity index (χ1) is 6.70. The lowest BCUT2D eigenvalue weighted by molar-refractivity contribution is 0.142. The zero-order valence-corrected chi connectivity index (χ0v) is 8.40. The predicted molar refractivity (Wildman–Crippen MR) is 57.3 cm³/mol. The van der Waals surface area contributed by atoms with Crippen LogP contribution in [0.1, 0.15) is 11.1 Å². The van der Waals surface area contributed by atoms with Crippen molar-refractivity contribution >= 4 is 5.69 Å². The summed E-state index contributed by atoms with van der Waals surface area (Å²) in [5.41, 5.74) is 9.17. The summed E-state index contributed by atoms with van der Waals surface area (Å²) in [4.78, 5) is 2.18. The Bertz CT molecular complexity index is 332. The van der Waals surface area contributed by atoms with Crippen molar-refractivity contribution in [2.45, 2.75) is 19.6 Å². The van der Waals surface area contributed by atoms with Gasteiger partial charge in [0.05, 0.1) is 6.10 Å². The molecule has 1 heterocycles. The van der Waals surface area contributed by atoms with E-state index in [-0.39, 0.29) is 6.10 Å². The molecule has 0 spiro atoms. The first kappa shape index (κ1) is 9.49. The smallest absolute Gasteiger partial charge is 0.0889 e. The Morgan fingerprint density at radius 3 is 2.71 bits per heavy atom. The minimum absolute atomic E-state index is 0.149. The summed E-state index contributed by atoms with van der Waals surface area (Å²) in [6, 6.07) is 6.25. The molecule has 3 N–H and O–H groups in total. The molecule has 0 bridgehead atoms. The van der Waals surface area contributed by atoms with Crippen LogP contribution in [0.2, 0.25) is 0 Å². The fourth-order valence-corrected chi connectivity index (χ4v) is 1.85. The highest BCUT2D eigenvalue weighted by atomic mass is 16.3. The molecule has 3 nitrogen and oxygen atoms in total. The third kappa shape index (κ3) is 1.61. The SMILES string of the molecule is Cc1cc(CN)ccc1N1CC(O)C1. The second-order valence-corrected chi connectivity index (χ2v) is 3.88. The predicted octanol–water partition coefficient (Wildman–Crippen LogP) is 0.635. The normalized spacial score (nSPS) is 16.9. The molecule has 1 fully saturated rings. The number of β-amino-alcohol motifs (C(OH)–C–C–N with tert-alkyl or cyclic N) is 1. The summed E-state index contributed by atoms with van der Waals surface area (Å²) in [5.74, 6) is 0. The van der Waals surface area contributed by atoms with E-state index >= 15 is 0 Å². The van der Waals surface area contributed by atoms with Crippen molar-refractivity contribution in [2.75, 3.05) is 18.0 Å². The number of anilines is 1. The molecule has 2 rings (SSSR count). The molecular formula is C11H16N2O. The van der Waals surface area contributed by atoms with E-state index in [1.807, 2.05) is 6.07 Å². The summed E-state index contributed by atoms with van der Waals surface area (Å²) in [6.07, 6.45) is -0.149. The van der Waals surface area contributed by atoms with E-state index in [2.05, 4.69) is 24.0 Å². The zero-order valence-electron chi connectivity index (χ0n) is 8.40. The monoisotopic (exact) mass is 192 g/mol. The second-order valence-electron chi connectivity index (χ2n) is 3.88. The number of hydrogen-bond donors (Lipinski definition) is 2. The molecule has 0 aromatic heterocycles.